The fourth-order valence-corrected chi connectivity index (χ4v) is 2.74. The average molecular weight is 280 g/mol. The minimum atomic E-state index is -0.372. The van der Waals surface area contributed by atoms with Crippen molar-refractivity contribution in [1.29, 1.82) is 0 Å². The number of nitrogen functional groups attached to an aromatic ring is 1. The van der Waals surface area contributed by atoms with Gasteiger partial charge >= 0.3 is 0 Å². The Morgan fingerprint density at radius 1 is 1.30 bits per heavy atom. The number of benzene rings is 1. The summed E-state index contributed by atoms with van der Waals surface area (Å²) in [6.45, 7) is 6.75. The van der Waals surface area contributed by atoms with Crippen LogP contribution >= 0.6 is 0 Å². The SMILES string of the molecule is CCCOc1cc(N2CCC(CC)CC2)c(N)cc1F. The van der Waals surface area contributed by atoms with Gasteiger partial charge in [0.1, 0.15) is 0 Å². The highest BCUT2D eigenvalue weighted by Gasteiger charge is 2.21. The van der Waals surface area contributed by atoms with Crippen LogP contribution < -0.4 is 15.4 Å². The molecule has 0 atom stereocenters. The maximum absolute atomic E-state index is 13.8. The molecule has 2 rings (SSSR count). The number of hydrogen-bond donors (Lipinski definition) is 1. The molecule has 0 amide bonds. The quantitative estimate of drug-likeness (QED) is 0.833. The zero-order chi connectivity index (χ0) is 14.5. The molecule has 1 fully saturated rings. The van der Waals surface area contributed by atoms with Gasteiger partial charge in [-0.2, -0.15) is 0 Å². The third-order valence-corrected chi connectivity index (χ3v) is 4.08. The van der Waals surface area contributed by atoms with E-state index >= 15 is 0 Å². The van der Waals surface area contributed by atoms with E-state index in [1.165, 1.54) is 25.3 Å². The molecule has 0 aliphatic carbocycles. The summed E-state index contributed by atoms with van der Waals surface area (Å²) in [5.41, 5.74) is 7.39. The summed E-state index contributed by atoms with van der Waals surface area (Å²) < 4.78 is 19.3. The van der Waals surface area contributed by atoms with E-state index in [9.17, 15) is 4.39 Å². The van der Waals surface area contributed by atoms with E-state index in [-0.39, 0.29) is 5.82 Å². The second-order valence-corrected chi connectivity index (χ2v) is 5.53. The van der Waals surface area contributed by atoms with Gasteiger partial charge in [0.05, 0.1) is 18.0 Å². The van der Waals surface area contributed by atoms with Gasteiger partial charge in [-0.15, -0.1) is 0 Å². The van der Waals surface area contributed by atoms with E-state index in [0.29, 0.717) is 18.0 Å². The highest BCUT2D eigenvalue weighted by atomic mass is 19.1. The number of nitrogens with zero attached hydrogens (tertiary/aromatic N) is 1. The van der Waals surface area contributed by atoms with Crippen LogP contribution in [0.15, 0.2) is 12.1 Å². The molecule has 112 valence electrons. The first kappa shape index (κ1) is 14.9. The largest absolute Gasteiger partial charge is 0.490 e. The molecular weight excluding hydrogens is 255 g/mol. The van der Waals surface area contributed by atoms with Crippen molar-refractivity contribution in [2.45, 2.75) is 39.5 Å². The van der Waals surface area contributed by atoms with Gasteiger partial charge in [0.25, 0.3) is 0 Å². The second-order valence-electron chi connectivity index (χ2n) is 5.53. The van der Waals surface area contributed by atoms with Crippen LogP contribution in [0.4, 0.5) is 15.8 Å². The smallest absolute Gasteiger partial charge is 0.167 e. The van der Waals surface area contributed by atoms with Gasteiger partial charge < -0.3 is 15.4 Å². The number of rotatable bonds is 5. The molecule has 0 radical (unpaired) electrons. The van der Waals surface area contributed by atoms with Crippen LogP contribution in [-0.2, 0) is 0 Å². The lowest BCUT2D eigenvalue weighted by Gasteiger charge is -2.34. The summed E-state index contributed by atoms with van der Waals surface area (Å²) in [4.78, 5) is 2.25. The molecule has 1 aliphatic heterocycles. The molecule has 1 heterocycles. The van der Waals surface area contributed by atoms with Crippen molar-refractivity contribution in [2.24, 2.45) is 5.92 Å². The third kappa shape index (κ3) is 3.35. The van der Waals surface area contributed by atoms with Crippen LogP contribution in [0.1, 0.15) is 39.5 Å². The molecule has 0 unspecified atom stereocenters. The molecule has 2 N–H and O–H groups in total. The fourth-order valence-electron chi connectivity index (χ4n) is 2.74. The van der Waals surface area contributed by atoms with Crippen molar-refractivity contribution >= 4 is 11.4 Å². The Kier molecular flexibility index (Phi) is 5.10. The Hall–Kier alpha value is -1.45. The molecule has 0 bridgehead atoms. The summed E-state index contributed by atoms with van der Waals surface area (Å²) in [5, 5.41) is 0. The molecule has 0 aromatic heterocycles. The molecule has 20 heavy (non-hydrogen) atoms. The van der Waals surface area contributed by atoms with Crippen molar-refractivity contribution in [3.63, 3.8) is 0 Å². The molecule has 1 saturated heterocycles. The van der Waals surface area contributed by atoms with Gasteiger partial charge in [-0.25, -0.2) is 4.39 Å². The lowest BCUT2D eigenvalue weighted by Crippen LogP contribution is -2.34. The lowest BCUT2D eigenvalue weighted by molar-refractivity contribution is 0.301. The van der Waals surface area contributed by atoms with Crippen LogP contribution in [-0.4, -0.2) is 19.7 Å². The van der Waals surface area contributed by atoms with Crippen LogP contribution in [0.3, 0.4) is 0 Å². The van der Waals surface area contributed by atoms with Crippen molar-refractivity contribution in [3.05, 3.63) is 17.9 Å². The van der Waals surface area contributed by atoms with Crippen molar-refractivity contribution < 1.29 is 9.13 Å². The molecule has 0 saturated carbocycles. The average Bonchev–Trinajstić information content (AvgIpc) is 2.47. The van der Waals surface area contributed by atoms with Crippen molar-refractivity contribution in [1.82, 2.24) is 0 Å². The van der Waals surface area contributed by atoms with Crippen molar-refractivity contribution in [2.75, 3.05) is 30.3 Å². The minimum Gasteiger partial charge on any atom is -0.490 e. The predicted molar refractivity (Wildman–Crippen MR) is 81.8 cm³/mol. The summed E-state index contributed by atoms with van der Waals surface area (Å²) in [6, 6.07) is 3.14. The topological polar surface area (TPSA) is 38.5 Å². The van der Waals surface area contributed by atoms with Gasteiger partial charge in [0.15, 0.2) is 11.6 Å². The van der Waals surface area contributed by atoms with Gasteiger partial charge in [-0.1, -0.05) is 20.3 Å². The number of halogens is 1. The van der Waals surface area contributed by atoms with Gasteiger partial charge in [0.2, 0.25) is 0 Å². The monoisotopic (exact) mass is 280 g/mol. The minimum absolute atomic E-state index is 0.314. The maximum atomic E-state index is 13.8. The first-order valence-electron chi connectivity index (χ1n) is 7.62. The Labute approximate surface area is 120 Å². The molecule has 3 nitrogen and oxygen atoms in total. The molecule has 1 aromatic rings. The third-order valence-electron chi connectivity index (χ3n) is 4.08. The number of piperidine rings is 1. The van der Waals surface area contributed by atoms with E-state index in [1.54, 1.807) is 6.07 Å². The molecular formula is C16H25FN2O. The van der Waals surface area contributed by atoms with Crippen LogP contribution in [0.2, 0.25) is 0 Å². The van der Waals surface area contributed by atoms with E-state index in [2.05, 4.69) is 11.8 Å². The van der Waals surface area contributed by atoms with Crippen LogP contribution in [0.5, 0.6) is 5.75 Å². The standard InChI is InChI=1S/C16H25FN2O/c1-3-9-20-16-11-15(14(18)10-13(16)17)19-7-5-12(4-2)6-8-19/h10-12H,3-9,18H2,1-2H3. The highest BCUT2D eigenvalue weighted by Crippen LogP contribution is 2.34. The van der Waals surface area contributed by atoms with Crippen LogP contribution in [0.25, 0.3) is 0 Å². The zero-order valence-corrected chi connectivity index (χ0v) is 12.5. The molecule has 1 aromatic carbocycles. The van der Waals surface area contributed by atoms with Gasteiger partial charge in [-0.3, -0.25) is 0 Å². The zero-order valence-electron chi connectivity index (χ0n) is 12.5. The number of ether oxygens (including phenoxy) is 1. The number of hydrogen-bond acceptors (Lipinski definition) is 3. The second kappa shape index (κ2) is 6.82. The summed E-state index contributed by atoms with van der Waals surface area (Å²) in [5.74, 6) is 0.751. The highest BCUT2D eigenvalue weighted by molar-refractivity contribution is 5.70. The first-order chi connectivity index (χ1) is 9.65. The van der Waals surface area contributed by atoms with E-state index in [1.807, 2.05) is 6.92 Å². The van der Waals surface area contributed by atoms with Crippen LogP contribution in [0, 0.1) is 11.7 Å². The molecule has 0 spiro atoms. The Balaban J connectivity index is 2.14. The molecule has 4 heteroatoms. The number of anilines is 2. The Bertz CT molecular complexity index is 442. The Morgan fingerprint density at radius 3 is 2.60 bits per heavy atom. The fraction of sp³-hybridized carbons (Fsp3) is 0.625. The summed E-state index contributed by atoms with van der Waals surface area (Å²) >= 11 is 0. The van der Waals surface area contributed by atoms with Crippen molar-refractivity contribution in [3.8, 4) is 5.75 Å². The first-order valence-corrected chi connectivity index (χ1v) is 7.62. The summed E-state index contributed by atoms with van der Waals surface area (Å²) in [6.07, 6.45) is 4.45. The molecule has 1 aliphatic rings. The van der Waals surface area contributed by atoms with E-state index in [4.69, 9.17) is 10.5 Å². The Morgan fingerprint density at radius 2 is 2.00 bits per heavy atom. The van der Waals surface area contributed by atoms with Gasteiger partial charge in [0, 0.05) is 25.2 Å². The van der Waals surface area contributed by atoms with E-state index in [0.717, 1.165) is 31.1 Å². The van der Waals surface area contributed by atoms with Gasteiger partial charge in [-0.05, 0) is 25.2 Å². The normalized spacial score (nSPS) is 16.4. The lowest BCUT2D eigenvalue weighted by atomic mass is 9.94. The summed E-state index contributed by atoms with van der Waals surface area (Å²) in [7, 11) is 0. The maximum Gasteiger partial charge on any atom is 0.167 e. The van der Waals surface area contributed by atoms with E-state index < -0.39 is 0 Å². The predicted octanol–water partition coefficient (Wildman–Crippen LogP) is 3.82. The number of nitrogens with two attached hydrogens (primary N) is 1.